The Morgan fingerprint density at radius 2 is 2.04 bits per heavy atom. The fraction of sp³-hybridized carbons (Fsp3) is 0.455. The van der Waals surface area contributed by atoms with Gasteiger partial charge in [-0.25, -0.2) is 5.53 Å². The van der Waals surface area contributed by atoms with Crippen LogP contribution in [0.15, 0.2) is 47.6 Å². The number of rotatable bonds is 9. The monoisotopic (exact) mass is 351 g/mol. The topological polar surface area (TPSA) is 48.7 Å². The third-order valence-corrected chi connectivity index (χ3v) is 5.28. The Morgan fingerprint density at radius 3 is 2.81 bits per heavy atom. The van der Waals surface area contributed by atoms with E-state index in [1.807, 2.05) is 18.2 Å². The number of hydrogen-bond acceptors (Lipinski definition) is 4. The smallest absolute Gasteiger partial charge is 0.148 e. The van der Waals surface area contributed by atoms with Crippen molar-refractivity contribution in [3.63, 3.8) is 0 Å². The summed E-state index contributed by atoms with van der Waals surface area (Å²) < 4.78 is 6.13. The maximum absolute atomic E-state index is 7.45. The number of hydrogen-bond donors (Lipinski definition) is 1. The molecule has 2 aromatic rings. The number of ether oxygens (including phenoxy) is 1. The third kappa shape index (κ3) is 4.06. The minimum atomic E-state index is 0.560. The second kappa shape index (κ2) is 8.84. The van der Waals surface area contributed by atoms with Crippen LogP contribution in [0.4, 0.5) is 17.1 Å². The highest BCUT2D eigenvalue weighted by molar-refractivity contribution is 5.72. The van der Waals surface area contributed by atoms with E-state index in [-0.39, 0.29) is 0 Å². The van der Waals surface area contributed by atoms with E-state index in [1.165, 1.54) is 30.5 Å². The van der Waals surface area contributed by atoms with Crippen LogP contribution in [0.2, 0.25) is 0 Å². The highest BCUT2D eigenvalue weighted by Crippen LogP contribution is 2.39. The van der Waals surface area contributed by atoms with Gasteiger partial charge in [0.2, 0.25) is 0 Å². The lowest BCUT2D eigenvalue weighted by atomic mass is 10.0. The minimum Gasteiger partial charge on any atom is -0.491 e. The van der Waals surface area contributed by atoms with Crippen molar-refractivity contribution >= 4 is 17.1 Å². The molecule has 2 aromatic carbocycles. The quantitative estimate of drug-likeness (QED) is 0.515. The Labute approximate surface area is 156 Å². The molecule has 0 spiro atoms. The van der Waals surface area contributed by atoms with Crippen LogP contribution in [0, 0.1) is 11.4 Å². The molecule has 0 radical (unpaired) electrons. The van der Waals surface area contributed by atoms with E-state index in [0.717, 1.165) is 30.8 Å². The molecule has 1 heterocycles. The third-order valence-electron chi connectivity index (χ3n) is 5.28. The van der Waals surface area contributed by atoms with Gasteiger partial charge in [0.15, 0.2) is 0 Å². The molecule has 4 nitrogen and oxygen atoms in total. The van der Waals surface area contributed by atoms with Gasteiger partial charge in [-0.2, -0.15) is 5.11 Å². The number of nitrogens with one attached hydrogen (secondary N) is 1. The molecule has 0 fully saturated rings. The van der Waals surface area contributed by atoms with Crippen molar-refractivity contribution in [3.8, 4) is 5.75 Å². The predicted molar refractivity (Wildman–Crippen MR) is 107 cm³/mol. The molecule has 1 aliphatic heterocycles. The van der Waals surface area contributed by atoms with Gasteiger partial charge in [0.25, 0.3) is 0 Å². The molecule has 1 atom stereocenters. The van der Waals surface area contributed by atoms with Crippen molar-refractivity contribution in [2.24, 2.45) is 11.0 Å². The summed E-state index contributed by atoms with van der Waals surface area (Å²) in [4.78, 5) is 2.32. The van der Waals surface area contributed by atoms with Gasteiger partial charge >= 0.3 is 0 Å². The lowest BCUT2D eigenvalue weighted by Crippen LogP contribution is -2.14. The summed E-state index contributed by atoms with van der Waals surface area (Å²) >= 11 is 0. The molecule has 0 saturated carbocycles. The standard InChI is InChI=1S/C22H29N3O/c1-3-5-8-17(4-2)16-26-22-15-19(11-12-20(22)24-23)25-14-13-18-9-6-7-10-21(18)25/h6-7,9-12,15,17,23H,3-5,8,13-14,16H2,1-2H3. The van der Waals surface area contributed by atoms with Gasteiger partial charge in [0, 0.05) is 24.0 Å². The molecule has 1 N–H and O–H groups in total. The van der Waals surface area contributed by atoms with Crippen molar-refractivity contribution in [3.05, 3.63) is 48.0 Å². The number of anilines is 2. The van der Waals surface area contributed by atoms with E-state index in [0.29, 0.717) is 18.2 Å². The molecule has 0 aliphatic carbocycles. The van der Waals surface area contributed by atoms with Crippen LogP contribution in [0.5, 0.6) is 5.75 Å². The number of para-hydroxylation sites is 1. The SMILES string of the molecule is CCCCC(CC)COc1cc(N2CCc3ccccc32)ccc1N=N. The van der Waals surface area contributed by atoms with Gasteiger partial charge in [-0.15, -0.1) is 0 Å². The van der Waals surface area contributed by atoms with Crippen LogP contribution in [0.1, 0.15) is 45.1 Å². The van der Waals surface area contributed by atoms with Crippen LogP contribution in [-0.2, 0) is 6.42 Å². The average Bonchev–Trinajstić information content (AvgIpc) is 3.12. The first-order valence-corrected chi connectivity index (χ1v) is 9.76. The first-order chi connectivity index (χ1) is 12.8. The van der Waals surface area contributed by atoms with Crippen molar-refractivity contribution in [2.75, 3.05) is 18.1 Å². The second-order valence-electron chi connectivity index (χ2n) is 7.02. The van der Waals surface area contributed by atoms with E-state index in [1.54, 1.807) is 0 Å². The van der Waals surface area contributed by atoms with Crippen LogP contribution >= 0.6 is 0 Å². The van der Waals surface area contributed by atoms with Crippen LogP contribution in [0.3, 0.4) is 0 Å². The number of fused-ring (bicyclic) bond motifs is 1. The van der Waals surface area contributed by atoms with E-state index in [9.17, 15) is 0 Å². The van der Waals surface area contributed by atoms with Gasteiger partial charge in [-0.3, -0.25) is 0 Å². The van der Waals surface area contributed by atoms with E-state index < -0.39 is 0 Å². The summed E-state index contributed by atoms with van der Waals surface area (Å²) in [5.74, 6) is 1.28. The molecule has 0 bridgehead atoms. The largest absolute Gasteiger partial charge is 0.491 e. The van der Waals surface area contributed by atoms with Crippen LogP contribution in [-0.4, -0.2) is 13.2 Å². The highest BCUT2D eigenvalue weighted by Gasteiger charge is 2.21. The molecule has 138 valence electrons. The normalized spacial score (nSPS) is 14.2. The summed E-state index contributed by atoms with van der Waals surface area (Å²) in [5, 5.41) is 3.65. The van der Waals surface area contributed by atoms with Crippen LogP contribution in [0.25, 0.3) is 0 Å². The second-order valence-corrected chi connectivity index (χ2v) is 7.02. The van der Waals surface area contributed by atoms with E-state index in [2.05, 4.69) is 48.1 Å². The molecule has 1 aliphatic rings. The van der Waals surface area contributed by atoms with Crippen molar-refractivity contribution in [2.45, 2.75) is 46.0 Å². The Hall–Kier alpha value is -2.36. The zero-order chi connectivity index (χ0) is 18.4. The molecular formula is C22H29N3O. The fourth-order valence-corrected chi connectivity index (χ4v) is 3.59. The Morgan fingerprint density at radius 1 is 1.19 bits per heavy atom. The van der Waals surface area contributed by atoms with Crippen LogP contribution < -0.4 is 9.64 Å². The maximum atomic E-state index is 7.45. The van der Waals surface area contributed by atoms with Crippen molar-refractivity contribution in [1.29, 1.82) is 5.53 Å². The number of benzene rings is 2. The first kappa shape index (κ1) is 18.4. The molecule has 3 rings (SSSR count). The summed E-state index contributed by atoms with van der Waals surface area (Å²) in [6, 6.07) is 14.5. The fourth-order valence-electron chi connectivity index (χ4n) is 3.59. The van der Waals surface area contributed by atoms with Gasteiger partial charge in [-0.1, -0.05) is 51.3 Å². The van der Waals surface area contributed by atoms with Crippen molar-refractivity contribution in [1.82, 2.24) is 0 Å². The van der Waals surface area contributed by atoms with E-state index >= 15 is 0 Å². The maximum Gasteiger partial charge on any atom is 0.148 e. The predicted octanol–water partition coefficient (Wildman–Crippen LogP) is 6.64. The van der Waals surface area contributed by atoms with Gasteiger partial charge < -0.3 is 9.64 Å². The molecule has 4 heteroatoms. The molecular weight excluding hydrogens is 322 g/mol. The number of nitrogens with zero attached hydrogens (tertiary/aromatic N) is 2. The summed E-state index contributed by atoms with van der Waals surface area (Å²) in [6.45, 7) is 6.11. The summed E-state index contributed by atoms with van der Waals surface area (Å²) in [6.07, 6.45) is 5.83. The highest BCUT2D eigenvalue weighted by atomic mass is 16.5. The van der Waals surface area contributed by atoms with Gasteiger partial charge in [0.05, 0.1) is 6.61 Å². The molecule has 1 unspecified atom stereocenters. The average molecular weight is 351 g/mol. The molecule has 0 saturated heterocycles. The Kier molecular flexibility index (Phi) is 6.26. The van der Waals surface area contributed by atoms with Gasteiger partial charge in [-0.05, 0) is 42.5 Å². The minimum absolute atomic E-state index is 0.560. The number of unbranched alkanes of at least 4 members (excludes halogenated alkanes) is 1. The molecule has 26 heavy (non-hydrogen) atoms. The molecule has 0 aromatic heterocycles. The Bertz CT molecular complexity index is 744. The lowest BCUT2D eigenvalue weighted by molar-refractivity contribution is 0.234. The zero-order valence-electron chi connectivity index (χ0n) is 15.9. The summed E-state index contributed by atoms with van der Waals surface area (Å²) in [5.41, 5.74) is 11.8. The van der Waals surface area contributed by atoms with E-state index in [4.69, 9.17) is 10.3 Å². The van der Waals surface area contributed by atoms with Crippen molar-refractivity contribution < 1.29 is 4.74 Å². The molecule has 0 amide bonds. The Balaban J connectivity index is 1.78. The first-order valence-electron chi connectivity index (χ1n) is 9.76. The lowest BCUT2D eigenvalue weighted by Gasteiger charge is -2.22. The summed E-state index contributed by atoms with van der Waals surface area (Å²) in [7, 11) is 0. The zero-order valence-corrected chi connectivity index (χ0v) is 15.9. The van der Waals surface area contributed by atoms with Gasteiger partial charge in [0.1, 0.15) is 11.4 Å².